The molecule has 2 aromatic carbocycles. The number of imidazole rings is 1. The number of nitrogen functional groups attached to an aromatic ring is 1. The van der Waals surface area contributed by atoms with Crippen molar-refractivity contribution in [1.82, 2.24) is 9.55 Å². The van der Waals surface area contributed by atoms with Crippen molar-refractivity contribution in [1.29, 1.82) is 0 Å². The molecule has 0 unspecified atom stereocenters. The molecule has 96 valence electrons. The van der Waals surface area contributed by atoms with Gasteiger partial charge in [-0.1, -0.05) is 29.8 Å². The standard InChI is InChI=1S/C15H14ClN3/c1-9-6-7-10(2)13(8-9)19-12-5-3-4-11(16)14(12)18-15(19)17/h3-8H,1-2H3,(H2,17,18). The van der Waals surface area contributed by atoms with E-state index in [1.165, 1.54) is 5.56 Å². The van der Waals surface area contributed by atoms with Gasteiger partial charge in [-0.25, -0.2) is 4.98 Å². The number of para-hydroxylation sites is 1. The molecule has 0 amide bonds. The molecule has 4 heteroatoms. The second-order valence-electron chi connectivity index (χ2n) is 4.70. The Hall–Kier alpha value is -2.00. The van der Waals surface area contributed by atoms with Crippen molar-refractivity contribution in [3.8, 4) is 5.69 Å². The van der Waals surface area contributed by atoms with Crippen molar-refractivity contribution in [3.05, 3.63) is 52.5 Å². The molecule has 0 bridgehead atoms. The molecule has 3 rings (SSSR count). The number of benzene rings is 2. The molecule has 0 fully saturated rings. The molecule has 1 heterocycles. The van der Waals surface area contributed by atoms with Gasteiger partial charge in [-0.15, -0.1) is 0 Å². The van der Waals surface area contributed by atoms with E-state index in [2.05, 4.69) is 37.0 Å². The highest BCUT2D eigenvalue weighted by atomic mass is 35.5. The maximum Gasteiger partial charge on any atom is 0.205 e. The fraction of sp³-hybridized carbons (Fsp3) is 0.133. The number of anilines is 1. The molecule has 0 aliphatic heterocycles. The SMILES string of the molecule is Cc1ccc(C)c(-n2c(N)nc3c(Cl)cccc32)c1. The Morgan fingerprint density at radius 1 is 1.16 bits per heavy atom. The highest BCUT2D eigenvalue weighted by molar-refractivity contribution is 6.35. The number of nitrogens with two attached hydrogens (primary N) is 1. The first-order chi connectivity index (χ1) is 9.08. The number of rotatable bonds is 1. The molecule has 0 radical (unpaired) electrons. The van der Waals surface area contributed by atoms with Gasteiger partial charge >= 0.3 is 0 Å². The highest BCUT2D eigenvalue weighted by Crippen LogP contribution is 2.29. The van der Waals surface area contributed by atoms with Crippen molar-refractivity contribution >= 4 is 28.6 Å². The molecular weight excluding hydrogens is 258 g/mol. The number of aromatic nitrogens is 2. The van der Waals surface area contributed by atoms with Gasteiger partial charge < -0.3 is 5.73 Å². The number of nitrogens with zero attached hydrogens (tertiary/aromatic N) is 2. The summed E-state index contributed by atoms with van der Waals surface area (Å²) in [4.78, 5) is 4.37. The van der Waals surface area contributed by atoms with Crippen LogP contribution < -0.4 is 5.73 Å². The molecule has 0 spiro atoms. The van der Waals surface area contributed by atoms with Gasteiger partial charge in [0.25, 0.3) is 0 Å². The summed E-state index contributed by atoms with van der Waals surface area (Å²) in [7, 11) is 0. The molecule has 0 aliphatic rings. The minimum Gasteiger partial charge on any atom is -0.369 e. The lowest BCUT2D eigenvalue weighted by molar-refractivity contribution is 1.08. The summed E-state index contributed by atoms with van der Waals surface area (Å²) in [6.07, 6.45) is 0. The summed E-state index contributed by atoms with van der Waals surface area (Å²) in [5.41, 5.74) is 11.1. The van der Waals surface area contributed by atoms with E-state index in [1.807, 2.05) is 22.8 Å². The van der Waals surface area contributed by atoms with Gasteiger partial charge in [-0.05, 0) is 43.2 Å². The Morgan fingerprint density at radius 2 is 1.95 bits per heavy atom. The zero-order valence-corrected chi connectivity index (χ0v) is 11.6. The van der Waals surface area contributed by atoms with Crippen LogP contribution >= 0.6 is 11.6 Å². The molecule has 0 saturated carbocycles. The van der Waals surface area contributed by atoms with Gasteiger partial charge in [-0.2, -0.15) is 0 Å². The van der Waals surface area contributed by atoms with Crippen molar-refractivity contribution in [2.75, 3.05) is 5.73 Å². The maximum atomic E-state index is 6.17. The second kappa shape index (κ2) is 4.28. The van der Waals surface area contributed by atoms with Gasteiger partial charge in [0.15, 0.2) is 0 Å². The first kappa shape index (κ1) is 12.1. The van der Waals surface area contributed by atoms with E-state index in [0.717, 1.165) is 22.3 Å². The summed E-state index contributed by atoms with van der Waals surface area (Å²) in [5, 5.41) is 0.619. The Labute approximate surface area is 116 Å². The largest absolute Gasteiger partial charge is 0.369 e. The number of hydrogen-bond acceptors (Lipinski definition) is 2. The van der Waals surface area contributed by atoms with Gasteiger partial charge in [0.05, 0.1) is 16.2 Å². The van der Waals surface area contributed by atoms with Gasteiger partial charge in [0.1, 0.15) is 5.52 Å². The lowest BCUT2D eigenvalue weighted by Crippen LogP contribution is -2.02. The zero-order valence-electron chi connectivity index (χ0n) is 10.8. The molecule has 0 aliphatic carbocycles. The van der Waals surface area contributed by atoms with E-state index in [1.54, 1.807) is 0 Å². The lowest BCUT2D eigenvalue weighted by Gasteiger charge is -2.11. The van der Waals surface area contributed by atoms with Gasteiger partial charge in [-0.3, -0.25) is 4.57 Å². The van der Waals surface area contributed by atoms with Crippen LogP contribution in [0.4, 0.5) is 5.95 Å². The molecular formula is C15H14ClN3. The van der Waals surface area contributed by atoms with E-state index in [0.29, 0.717) is 11.0 Å². The average Bonchev–Trinajstić information content (AvgIpc) is 2.70. The predicted molar refractivity (Wildman–Crippen MR) is 80.0 cm³/mol. The fourth-order valence-electron chi connectivity index (χ4n) is 2.30. The number of aryl methyl sites for hydroxylation is 2. The minimum atomic E-state index is 0.455. The molecule has 0 saturated heterocycles. The van der Waals surface area contributed by atoms with Gasteiger partial charge in [0.2, 0.25) is 5.95 Å². The third kappa shape index (κ3) is 1.87. The first-order valence-corrected chi connectivity index (χ1v) is 6.46. The van der Waals surface area contributed by atoms with Gasteiger partial charge in [0, 0.05) is 0 Å². The summed E-state index contributed by atoms with van der Waals surface area (Å²) in [6, 6.07) is 12.0. The topological polar surface area (TPSA) is 43.8 Å². The summed E-state index contributed by atoms with van der Waals surface area (Å²) >= 11 is 6.17. The number of halogens is 1. The number of hydrogen-bond donors (Lipinski definition) is 1. The monoisotopic (exact) mass is 271 g/mol. The Bertz CT molecular complexity index is 774. The summed E-state index contributed by atoms with van der Waals surface area (Å²) < 4.78 is 1.95. The van der Waals surface area contributed by atoms with Crippen LogP contribution in [0.1, 0.15) is 11.1 Å². The third-order valence-corrected chi connectivity index (χ3v) is 3.57. The van der Waals surface area contributed by atoms with Crippen molar-refractivity contribution in [2.24, 2.45) is 0 Å². The van der Waals surface area contributed by atoms with Crippen LogP contribution in [0, 0.1) is 13.8 Å². The van der Waals surface area contributed by atoms with E-state index in [4.69, 9.17) is 17.3 Å². The number of fused-ring (bicyclic) bond motifs is 1. The van der Waals surface area contributed by atoms with E-state index < -0.39 is 0 Å². The van der Waals surface area contributed by atoms with E-state index >= 15 is 0 Å². The van der Waals surface area contributed by atoms with E-state index in [9.17, 15) is 0 Å². The molecule has 0 atom stereocenters. The summed E-state index contributed by atoms with van der Waals surface area (Å²) in [6.45, 7) is 4.12. The van der Waals surface area contributed by atoms with Crippen LogP contribution in [0.15, 0.2) is 36.4 Å². The molecule has 3 aromatic rings. The summed E-state index contributed by atoms with van der Waals surface area (Å²) in [5.74, 6) is 0.455. The second-order valence-corrected chi connectivity index (χ2v) is 5.11. The molecule has 1 aromatic heterocycles. The molecule has 3 nitrogen and oxygen atoms in total. The third-order valence-electron chi connectivity index (χ3n) is 3.27. The van der Waals surface area contributed by atoms with Crippen LogP contribution in [0.2, 0.25) is 5.02 Å². The van der Waals surface area contributed by atoms with Crippen LogP contribution in [-0.4, -0.2) is 9.55 Å². The van der Waals surface area contributed by atoms with Crippen LogP contribution in [-0.2, 0) is 0 Å². The zero-order chi connectivity index (χ0) is 13.6. The lowest BCUT2D eigenvalue weighted by atomic mass is 10.1. The molecule has 19 heavy (non-hydrogen) atoms. The van der Waals surface area contributed by atoms with Crippen molar-refractivity contribution in [3.63, 3.8) is 0 Å². The molecule has 2 N–H and O–H groups in total. The van der Waals surface area contributed by atoms with Crippen LogP contribution in [0.3, 0.4) is 0 Å². The predicted octanol–water partition coefficient (Wildman–Crippen LogP) is 3.88. The van der Waals surface area contributed by atoms with Crippen molar-refractivity contribution < 1.29 is 0 Å². The normalized spacial score (nSPS) is 11.1. The Kier molecular flexibility index (Phi) is 2.72. The van der Waals surface area contributed by atoms with Crippen LogP contribution in [0.25, 0.3) is 16.7 Å². The Balaban J connectivity index is 2.39. The van der Waals surface area contributed by atoms with Crippen molar-refractivity contribution in [2.45, 2.75) is 13.8 Å². The van der Waals surface area contributed by atoms with Crippen LogP contribution in [0.5, 0.6) is 0 Å². The minimum absolute atomic E-state index is 0.455. The van der Waals surface area contributed by atoms with E-state index in [-0.39, 0.29) is 0 Å². The Morgan fingerprint density at radius 3 is 2.74 bits per heavy atom. The fourth-order valence-corrected chi connectivity index (χ4v) is 2.51. The smallest absolute Gasteiger partial charge is 0.205 e. The highest BCUT2D eigenvalue weighted by Gasteiger charge is 2.13. The quantitative estimate of drug-likeness (QED) is 0.730. The maximum absolute atomic E-state index is 6.17. The first-order valence-electron chi connectivity index (χ1n) is 6.08. The average molecular weight is 272 g/mol.